The number of hydrogen-bond acceptors (Lipinski definition) is 8. The fraction of sp³-hybridized carbons (Fsp3) is 0.333. The molecule has 0 aromatic heterocycles. The molecular weight excluding hydrogens is 443 g/mol. The third kappa shape index (κ3) is 5.33. The molecule has 2 amide bonds. The molecule has 0 aliphatic carbocycles. The Morgan fingerprint density at radius 1 is 1.16 bits per heavy atom. The third-order valence-corrected chi connectivity index (χ3v) is 5.51. The average molecular weight is 462 g/mol. The first kappa shape index (κ1) is 25.0. The molecule has 0 bridgehead atoms. The number of carbonyl (C=O) groups is 4. The summed E-state index contributed by atoms with van der Waals surface area (Å²) in [5, 5.41) is 0. The number of rotatable bonds is 5. The fourth-order valence-electron chi connectivity index (χ4n) is 3.43. The van der Waals surface area contributed by atoms with Crippen LogP contribution >= 0.6 is 0 Å². The van der Waals surface area contributed by atoms with Crippen LogP contribution in [0.4, 0.5) is 0 Å². The van der Waals surface area contributed by atoms with Crippen molar-refractivity contribution in [2.24, 2.45) is 0 Å². The number of fused-ring (bicyclic) bond motifs is 1. The largest absolute Gasteiger partial charge is 1.00 e. The van der Waals surface area contributed by atoms with Crippen molar-refractivity contribution in [1.29, 1.82) is 0 Å². The topological polar surface area (TPSA) is 148 Å². The first-order chi connectivity index (χ1) is 14.0. The second-order valence-electron chi connectivity index (χ2n) is 6.67. The van der Waals surface area contributed by atoms with E-state index < -0.39 is 46.1 Å². The van der Waals surface area contributed by atoms with Crippen molar-refractivity contribution in [1.82, 2.24) is 9.21 Å². The number of hydrogen-bond donors (Lipinski definition) is 1. The summed E-state index contributed by atoms with van der Waals surface area (Å²) in [7, 11) is -4.65. The van der Waals surface area contributed by atoms with Gasteiger partial charge in [-0.15, -0.1) is 0 Å². The minimum Gasteiger partial charge on any atom is -1.00 e. The maximum Gasteiger partial charge on any atom is 1.00 e. The van der Waals surface area contributed by atoms with Gasteiger partial charge < -0.3 is 15.8 Å². The van der Waals surface area contributed by atoms with Gasteiger partial charge >= 0.3 is 51.8 Å². The van der Waals surface area contributed by atoms with Gasteiger partial charge in [0.1, 0.15) is 6.04 Å². The summed E-state index contributed by atoms with van der Waals surface area (Å²) in [5.41, 5.74) is 0.450. The van der Waals surface area contributed by atoms with E-state index in [9.17, 15) is 27.6 Å². The summed E-state index contributed by atoms with van der Waals surface area (Å²) in [6.07, 6.45) is 2.82. The Morgan fingerprint density at radius 2 is 1.77 bits per heavy atom. The van der Waals surface area contributed by atoms with Crippen LogP contribution in [0.5, 0.6) is 11.5 Å². The number of carbonyl (C=O) groups excluding carboxylic acids is 4. The van der Waals surface area contributed by atoms with Crippen LogP contribution in [0.1, 0.15) is 27.3 Å². The molecule has 31 heavy (non-hydrogen) atoms. The van der Waals surface area contributed by atoms with Gasteiger partial charge in [-0.2, -0.15) is 8.42 Å². The van der Waals surface area contributed by atoms with Gasteiger partial charge in [-0.05, 0) is 30.2 Å². The van der Waals surface area contributed by atoms with Gasteiger partial charge in [-0.3, -0.25) is 23.7 Å². The van der Waals surface area contributed by atoms with E-state index in [0.717, 1.165) is 0 Å². The second-order valence-corrected chi connectivity index (χ2v) is 7.96. The van der Waals surface area contributed by atoms with Crippen molar-refractivity contribution in [3.63, 3.8) is 0 Å². The molecule has 11 nitrogen and oxygen atoms in total. The molecule has 162 valence electrons. The van der Waals surface area contributed by atoms with Gasteiger partial charge in [0.2, 0.25) is 5.91 Å². The zero-order valence-corrected chi connectivity index (χ0v) is 19.8. The molecule has 0 saturated carbocycles. The van der Waals surface area contributed by atoms with E-state index in [0.29, 0.717) is 9.87 Å². The van der Waals surface area contributed by atoms with Gasteiger partial charge in [0.25, 0.3) is 5.91 Å². The normalized spacial score (nSPS) is 20.0. The predicted octanol–water partition coefficient (Wildman–Crippen LogP) is -2.72. The molecule has 3 rings (SSSR count). The van der Waals surface area contributed by atoms with Crippen LogP contribution in [0, 0.1) is 0 Å². The molecule has 2 fully saturated rings. The van der Waals surface area contributed by atoms with Crippen LogP contribution in [0.2, 0.25) is 0 Å². The molecule has 0 unspecified atom stereocenters. The van der Waals surface area contributed by atoms with Gasteiger partial charge in [0, 0.05) is 26.5 Å². The standard InChI is InChI=1S/C18H18N2O9S.Na.H/c1-10(21)28-14-5-3-12(9-15(14)29-11(2)22)4-6-16(23)19-8-7-13-17(19)18(24)20(13)30(25,26)27;;/h3-6,9,13,17H,7-8H2,1-2H3,(H,25,26,27);;/q;+1;-1/b6-4+;;/t13-,17+;;/m1../s1. The number of ether oxygens (including phenoxy) is 2. The zero-order chi connectivity index (χ0) is 22.2. The number of β-lactam (4-membered cyclic amide) rings is 1. The Hall–Kier alpha value is -2.25. The van der Waals surface area contributed by atoms with E-state index in [1.165, 1.54) is 49.1 Å². The van der Waals surface area contributed by atoms with Crippen molar-refractivity contribution in [2.45, 2.75) is 32.4 Å². The second kappa shape index (κ2) is 9.49. The Bertz CT molecular complexity index is 1080. The Morgan fingerprint density at radius 3 is 2.35 bits per heavy atom. The van der Waals surface area contributed by atoms with Crippen LogP contribution in [-0.2, 0) is 29.5 Å². The smallest absolute Gasteiger partial charge is 1.00 e. The molecule has 1 aromatic rings. The SMILES string of the molecule is CC(=O)Oc1ccc(/C=C/C(=O)N2CC[C@@H]3[C@H]2C(=O)N3S(=O)(=O)O)cc1OC(C)=O.[H-].[Na+]. The van der Waals surface area contributed by atoms with E-state index in [1.54, 1.807) is 0 Å². The summed E-state index contributed by atoms with van der Waals surface area (Å²) in [4.78, 5) is 48.2. The van der Waals surface area contributed by atoms with Crippen molar-refractivity contribution in [3.05, 3.63) is 29.8 Å². The van der Waals surface area contributed by atoms with Crippen LogP contribution in [0.3, 0.4) is 0 Å². The number of likely N-dealkylation sites (tertiary alicyclic amines) is 1. The Labute approximate surface area is 201 Å². The maximum atomic E-state index is 12.5. The molecule has 2 saturated heterocycles. The summed E-state index contributed by atoms with van der Waals surface area (Å²) >= 11 is 0. The number of esters is 2. The van der Waals surface area contributed by atoms with Crippen LogP contribution in [0.15, 0.2) is 24.3 Å². The molecule has 2 aliphatic heterocycles. The summed E-state index contributed by atoms with van der Waals surface area (Å²) in [5.74, 6) is -2.58. The molecule has 2 heterocycles. The van der Waals surface area contributed by atoms with Crippen molar-refractivity contribution < 1.29 is 72.6 Å². The third-order valence-electron chi connectivity index (χ3n) is 4.56. The predicted molar refractivity (Wildman–Crippen MR) is 102 cm³/mol. The number of benzene rings is 1. The summed E-state index contributed by atoms with van der Waals surface area (Å²) in [6.45, 7) is 2.53. The summed E-state index contributed by atoms with van der Waals surface area (Å²) in [6, 6.07) is 2.60. The fourth-order valence-corrected chi connectivity index (χ4v) is 4.33. The molecular formula is C18H19N2NaO9S. The molecule has 2 aliphatic rings. The Kier molecular flexibility index (Phi) is 7.66. The molecule has 1 N–H and O–H groups in total. The molecule has 0 radical (unpaired) electrons. The van der Waals surface area contributed by atoms with Crippen molar-refractivity contribution >= 4 is 40.1 Å². The van der Waals surface area contributed by atoms with E-state index in [4.69, 9.17) is 14.0 Å². The number of nitrogens with zero attached hydrogens (tertiary/aromatic N) is 2. The van der Waals surface area contributed by atoms with Crippen LogP contribution < -0.4 is 39.0 Å². The minimum absolute atomic E-state index is 0. The number of amides is 2. The maximum absolute atomic E-state index is 12.5. The van der Waals surface area contributed by atoms with Gasteiger partial charge in [-0.25, -0.2) is 4.31 Å². The zero-order valence-electron chi connectivity index (χ0n) is 18.0. The van der Waals surface area contributed by atoms with E-state index in [2.05, 4.69) is 0 Å². The van der Waals surface area contributed by atoms with E-state index in [-0.39, 0.29) is 55.4 Å². The molecule has 2 atom stereocenters. The van der Waals surface area contributed by atoms with Gasteiger partial charge in [0.15, 0.2) is 11.5 Å². The van der Waals surface area contributed by atoms with Gasteiger partial charge in [-0.1, -0.05) is 6.07 Å². The monoisotopic (exact) mass is 462 g/mol. The van der Waals surface area contributed by atoms with Crippen LogP contribution in [0.25, 0.3) is 6.08 Å². The first-order valence-corrected chi connectivity index (χ1v) is 10.2. The molecule has 0 spiro atoms. The average Bonchev–Trinajstić information content (AvgIpc) is 2.98. The minimum atomic E-state index is -4.65. The summed E-state index contributed by atoms with van der Waals surface area (Å²) < 4.78 is 41.9. The van der Waals surface area contributed by atoms with Gasteiger partial charge in [0.05, 0.1) is 6.04 Å². The van der Waals surface area contributed by atoms with E-state index >= 15 is 0 Å². The van der Waals surface area contributed by atoms with E-state index in [1.807, 2.05) is 0 Å². The quantitative estimate of drug-likeness (QED) is 0.123. The Balaban J connectivity index is 0.00000256. The van der Waals surface area contributed by atoms with Crippen molar-refractivity contribution in [2.75, 3.05) is 6.54 Å². The first-order valence-electron chi connectivity index (χ1n) is 8.79. The van der Waals surface area contributed by atoms with Crippen LogP contribution in [-0.4, -0.2) is 64.6 Å². The molecule has 1 aromatic carbocycles. The molecule has 13 heteroatoms. The van der Waals surface area contributed by atoms with Crippen molar-refractivity contribution in [3.8, 4) is 11.5 Å².